The molecule has 1 N–H and O–H groups in total. The SMILES string of the molecule is O=C(CCCc1ccccc1)Nc1ccc(-c2nc3cc(Cl)ccc3o2)cc1. The molecular weight excluding hydrogens is 372 g/mol. The quantitative estimate of drug-likeness (QED) is 0.432. The third-order valence-electron chi connectivity index (χ3n) is 4.48. The summed E-state index contributed by atoms with van der Waals surface area (Å²) in [6, 6.07) is 23.0. The molecule has 0 saturated heterocycles. The highest BCUT2D eigenvalue weighted by Crippen LogP contribution is 2.27. The van der Waals surface area contributed by atoms with Crippen LogP contribution < -0.4 is 5.32 Å². The van der Waals surface area contributed by atoms with Crippen molar-refractivity contribution in [1.82, 2.24) is 4.98 Å². The molecule has 5 heteroatoms. The third kappa shape index (κ3) is 4.41. The summed E-state index contributed by atoms with van der Waals surface area (Å²) in [6.45, 7) is 0. The molecule has 0 fully saturated rings. The van der Waals surface area contributed by atoms with E-state index in [1.54, 1.807) is 18.2 Å². The second-order valence-electron chi connectivity index (χ2n) is 6.60. The van der Waals surface area contributed by atoms with Gasteiger partial charge in [0.05, 0.1) is 0 Å². The molecule has 0 aliphatic carbocycles. The van der Waals surface area contributed by atoms with Crippen LogP contribution in [0.3, 0.4) is 0 Å². The first-order valence-electron chi connectivity index (χ1n) is 9.18. The van der Waals surface area contributed by atoms with Crippen molar-refractivity contribution in [2.45, 2.75) is 19.3 Å². The number of carbonyl (C=O) groups excluding carboxylic acids is 1. The molecule has 0 spiro atoms. The van der Waals surface area contributed by atoms with Crippen LogP contribution >= 0.6 is 11.6 Å². The monoisotopic (exact) mass is 390 g/mol. The fraction of sp³-hybridized carbons (Fsp3) is 0.130. The molecule has 0 aliphatic heterocycles. The highest BCUT2D eigenvalue weighted by atomic mass is 35.5. The zero-order valence-electron chi connectivity index (χ0n) is 15.2. The number of nitrogens with zero attached hydrogens (tertiary/aromatic N) is 1. The van der Waals surface area contributed by atoms with Crippen LogP contribution in [0.2, 0.25) is 5.02 Å². The van der Waals surface area contributed by atoms with Gasteiger partial charge in [-0.1, -0.05) is 41.9 Å². The minimum Gasteiger partial charge on any atom is -0.436 e. The van der Waals surface area contributed by atoms with Crippen LogP contribution in [0.5, 0.6) is 0 Å². The molecule has 4 aromatic rings. The molecule has 3 aromatic carbocycles. The fourth-order valence-electron chi connectivity index (χ4n) is 3.04. The van der Waals surface area contributed by atoms with E-state index in [0.717, 1.165) is 29.6 Å². The van der Waals surface area contributed by atoms with E-state index >= 15 is 0 Å². The molecule has 4 rings (SSSR count). The van der Waals surface area contributed by atoms with Gasteiger partial charge in [0.15, 0.2) is 5.58 Å². The standard InChI is InChI=1S/C23H19ClN2O2/c24-18-11-14-21-20(15-18)26-23(28-21)17-9-12-19(13-10-17)25-22(27)8-4-7-16-5-2-1-3-6-16/h1-3,5-6,9-15H,4,7-8H2,(H,25,27). The van der Waals surface area contributed by atoms with Gasteiger partial charge in [-0.05, 0) is 60.9 Å². The van der Waals surface area contributed by atoms with Crippen LogP contribution in [0.25, 0.3) is 22.6 Å². The van der Waals surface area contributed by atoms with Gasteiger partial charge in [0.25, 0.3) is 0 Å². The molecule has 1 amide bonds. The molecular formula is C23H19ClN2O2. The number of hydrogen-bond acceptors (Lipinski definition) is 3. The lowest BCUT2D eigenvalue weighted by Gasteiger charge is -2.06. The van der Waals surface area contributed by atoms with Gasteiger partial charge in [-0.3, -0.25) is 4.79 Å². The first kappa shape index (κ1) is 18.3. The molecule has 28 heavy (non-hydrogen) atoms. The summed E-state index contributed by atoms with van der Waals surface area (Å²) in [6.07, 6.45) is 2.21. The Balaban J connectivity index is 1.35. The lowest BCUT2D eigenvalue weighted by atomic mass is 10.1. The van der Waals surface area contributed by atoms with E-state index in [-0.39, 0.29) is 5.91 Å². The van der Waals surface area contributed by atoms with Gasteiger partial charge < -0.3 is 9.73 Å². The van der Waals surface area contributed by atoms with E-state index in [4.69, 9.17) is 16.0 Å². The molecule has 4 nitrogen and oxygen atoms in total. The van der Waals surface area contributed by atoms with E-state index < -0.39 is 0 Å². The van der Waals surface area contributed by atoms with Crippen molar-refractivity contribution < 1.29 is 9.21 Å². The lowest BCUT2D eigenvalue weighted by molar-refractivity contribution is -0.116. The Morgan fingerprint density at radius 1 is 1.00 bits per heavy atom. The Kier molecular flexibility index (Phi) is 5.40. The molecule has 0 saturated carbocycles. The average Bonchev–Trinajstić information content (AvgIpc) is 3.12. The number of aryl methyl sites for hydroxylation is 1. The van der Waals surface area contributed by atoms with E-state index in [2.05, 4.69) is 22.4 Å². The molecule has 0 unspecified atom stereocenters. The summed E-state index contributed by atoms with van der Waals surface area (Å²) in [5.74, 6) is 0.540. The smallest absolute Gasteiger partial charge is 0.227 e. The topological polar surface area (TPSA) is 55.1 Å². The summed E-state index contributed by atoms with van der Waals surface area (Å²) in [5, 5.41) is 3.56. The van der Waals surface area contributed by atoms with Gasteiger partial charge in [0.2, 0.25) is 11.8 Å². The predicted octanol–water partition coefficient (Wildman–Crippen LogP) is 6.11. The number of fused-ring (bicyclic) bond motifs is 1. The molecule has 0 radical (unpaired) electrons. The van der Waals surface area contributed by atoms with Crippen LogP contribution in [0, 0.1) is 0 Å². The average molecular weight is 391 g/mol. The second kappa shape index (κ2) is 8.28. The zero-order valence-corrected chi connectivity index (χ0v) is 15.9. The van der Waals surface area contributed by atoms with E-state index in [1.165, 1.54) is 5.56 Å². The largest absolute Gasteiger partial charge is 0.436 e. The van der Waals surface area contributed by atoms with Crippen molar-refractivity contribution >= 4 is 34.3 Å². The van der Waals surface area contributed by atoms with Gasteiger partial charge in [0, 0.05) is 22.7 Å². The number of nitrogens with one attached hydrogen (secondary N) is 1. The number of amides is 1. The summed E-state index contributed by atoms with van der Waals surface area (Å²) in [7, 11) is 0. The van der Waals surface area contributed by atoms with Crippen LogP contribution in [-0.4, -0.2) is 10.9 Å². The van der Waals surface area contributed by atoms with Gasteiger partial charge in [0.1, 0.15) is 5.52 Å². The lowest BCUT2D eigenvalue weighted by Crippen LogP contribution is -2.11. The van der Waals surface area contributed by atoms with Crippen molar-refractivity contribution in [3.63, 3.8) is 0 Å². The van der Waals surface area contributed by atoms with Crippen LogP contribution in [0.4, 0.5) is 5.69 Å². The van der Waals surface area contributed by atoms with Crippen molar-refractivity contribution in [2.75, 3.05) is 5.32 Å². The molecule has 0 bridgehead atoms. The first-order chi connectivity index (χ1) is 13.7. The molecule has 1 aromatic heterocycles. The Hall–Kier alpha value is -3.11. The van der Waals surface area contributed by atoms with Gasteiger partial charge in [-0.25, -0.2) is 4.98 Å². The highest BCUT2D eigenvalue weighted by molar-refractivity contribution is 6.31. The molecule has 0 atom stereocenters. The van der Waals surface area contributed by atoms with Gasteiger partial charge in [-0.2, -0.15) is 0 Å². The maximum atomic E-state index is 12.2. The van der Waals surface area contributed by atoms with E-state index in [9.17, 15) is 4.79 Å². The minimum atomic E-state index is 0.0141. The molecule has 0 aliphatic rings. The van der Waals surface area contributed by atoms with Crippen molar-refractivity contribution in [3.05, 3.63) is 83.4 Å². The number of benzene rings is 3. The van der Waals surface area contributed by atoms with E-state index in [0.29, 0.717) is 22.9 Å². The predicted molar refractivity (Wildman–Crippen MR) is 112 cm³/mol. The third-order valence-corrected chi connectivity index (χ3v) is 4.71. The number of carbonyl (C=O) groups is 1. The molecule has 1 heterocycles. The summed E-state index contributed by atoms with van der Waals surface area (Å²) in [4.78, 5) is 16.6. The maximum absolute atomic E-state index is 12.2. The second-order valence-corrected chi connectivity index (χ2v) is 7.03. The highest BCUT2D eigenvalue weighted by Gasteiger charge is 2.09. The number of anilines is 1. The van der Waals surface area contributed by atoms with Crippen LogP contribution in [0.1, 0.15) is 18.4 Å². The number of oxazole rings is 1. The van der Waals surface area contributed by atoms with Crippen molar-refractivity contribution in [2.24, 2.45) is 0 Å². The first-order valence-corrected chi connectivity index (χ1v) is 9.55. The number of hydrogen-bond donors (Lipinski definition) is 1. The summed E-state index contributed by atoms with van der Waals surface area (Å²) < 4.78 is 5.77. The van der Waals surface area contributed by atoms with Crippen LogP contribution in [-0.2, 0) is 11.2 Å². The number of rotatable bonds is 6. The Labute approximate surface area is 168 Å². The Morgan fingerprint density at radius 2 is 1.79 bits per heavy atom. The summed E-state index contributed by atoms with van der Waals surface area (Å²) >= 11 is 5.99. The zero-order chi connectivity index (χ0) is 19.3. The fourth-order valence-corrected chi connectivity index (χ4v) is 3.21. The van der Waals surface area contributed by atoms with Crippen molar-refractivity contribution in [1.29, 1.82) is 0 Å². The maximum Gasteiger partial charge on any atom is 0.227 e. The Bertz CT molecular complexity index is 1090. The Morgan fingerprint density at radius 3 is 2.57 bits per heavy atom. The number of aromatic nitrogens is 1. The summed E-state index contributed by atoms with van der Waals surface area (Å²) in [5.41, 5.74) is 4.26. The van der Waals surface area contributed by atoms with Crippen molar-refractivity contribution in [3.8, 4) is 11.5 Å². The normalized spacial score (nSPS) is 10.9. The van der Waals surface area contributed by atoms with E-state index in [1.807, 2.05) is 42.5 Å². The number of halogens is 1. The van der Waals surface area contributed by atoms with Gasteiger partial charge in [-0.15, -0.1) is 0 Å². The molecule has 140 valence electrons. The van der Waals surface area contributed by atoms with Gasteiger partial charge >= 0.3 is 0 Å². The minimum absolute atomic E-state index is 0.0141. The van der Waals surface area contributed by atoms with Crippen LogP contribution in [0.15, 0.2) is 77.2 Å².